The molecule has 0 amide bonds. The lowest BCUT2D eigenvalue weighted by Gasteiger charge is -2.54. The molecule has 0 heterocycles. The Morgan fingerprint density at radius 1 is 0.857 bits per heavy atom. The first-order valence-corrected chi connectivity index (χ1v) is 13.0. The minimum Gasteiger partial charge on any atom is -0.0679 e. The van der Waals surface area contributed by atoms with Crippen molar-refractivity contribution in [1.29, 1.82) is 0 Å². The Balaban J connectivity index is 1.51. The van der Waals surface area contributed by atoms with E-state index in [9.17, 15) is 0 Å². The van der Waals surface area contributed by atoms with Crippen molar-refractivity contribution in [3.8, 4) is 0 Å². The molecule has 0 aromatic heterocycles. The van der Waals surface area contributed by atoms with E-state index in [1.165, 1.54) is 57.8 Å². The zero-order chi connectivity index (χ0) is 20.1. The first-order valence-electron chi connectivity index (χ1n) is 13.0. The lowest BCUT2D eigenvalue weighted by Crippen LogP contribution is -2.46. The fraction of sp³-hybridized carbons (Fsp3) is 0.929. The summed E-state index contributed by atoms with van der Waals surface area (Å²) >= 11 is 0. The standard InChI is InChI=1S/C28H48/c1-19(2)20(3)10-11-21(4)24-14-17-28(22(24)5)18-15-25-26(28)13-12-23-9-7-8-16-27(23,25)6/h19-21,23,25-26H,7-18H2,1-6H3. The molecule has 0 heteroatoms. The molecule has 28 heavy (non-hydrogen) atoms. The second-order valence-corrected chi connectivity index (χ2v) is 12.3. The van der Waals surface area contributed by atoms with Gasteiger partial charge in [0.15, 0.2) is 0 Å². The van der Waals surface area contributed by atoms with Crippen LogP contribution in [0.2, 0.25) is 0 Å². The Bertz CT molecular complexity index is 597. The molecule has 0 aromatic carbocycles. The van der Waals surface area contributed by atoms with E-state index in [2.05, 4.69) is 41.5 Å². The molecule has 1 spiro atoms. The third-order valence-electron chi connectivity index (χ3n) is 11.1. The summed E-state index contributed by atoms with van der Waals surface area (Å²) in [5, 5.41) is 0. The summed E-state index contributed by atoms with van der Waals surface area (Å²) in [5.74, 6) is 5.64. The van der Waals surface area contributed by atoms with Crippen molar-refractivity contribution < 1.29 is 0 Å². The minimum atomic E-state index is 0.614. The van der Waals surface area contributed by atoms with Crippen molar-refractivity contribution in [3.05, 3.63) is 11.1 Å². The Labute approximate surface area is 176 Å². The smallest absolute Gasteiger partial charge is 0.00538 e. The zero-order valence-corrected chi connectivity index (χ0v) is 19.9. The van der Waals surface area contributed by atoms with Gasteiger partial charge in [-0.1, -0.05) is 58.6 Å². The van der Waals surface area contributed by atoms with Crippen LogP contribution < -0.4 is 0 Å². The van der Waals surface area contributed by atoms with E-state index in [1.807, 2.05) is 11.1 Å². The number of hydrogen-bond donors (Lipinski definition) is 0. The summed E-state index contributed by atoms with van der Waals surface area (Å²) in [6, 6.07) is 0. The highest BCUT2D eigenvalue weighted by molar-refractivity contribution is 5.32. The summed E-state index contributed by atoms with van der Waals surface area (Å²) in [6.07, 6.45) is 18.0. The molecular formula is C28H48. The van der Waals surface area contributed by atoms with Crippen molar-refractivity contribution >= 4 is 0 Å². The fourth-order valence-electron chi connectivity index (χ4n) is 8.69. The van der Waals surface area contributed by atoms with Crippen molar-refractivity contribution in [2.45, 2.75) is 119 Å². The highest BCUT2D eigenvalue weighted by atomic mass is 14.6. The van der Waals surface area contributed by atoms with Gasteiger partial charge in [-0.2, -0.15) is 0 Å². The molecule has 7 unspecified atom stereocenters. The molecule has 0 aromatic rings. The second kappa shape index (κ2) is 7.77. The van der Waals surface area contributed by atoms with Crippen LogP contribution in [0.1, 0.15) is 119 Å². The Hall–Kier alpha value is -0.260. The van der Waals surface area contributed by atoms with E-state index in [-0.39, 0.29) is 0 Å². The van der Waals surface area contributed by atoms with Gasteiger partial charge in [-0.15, -0.1) is 0 Å². The first-order chi connectivity index (χ1) is 13.3. The van der Waals surface area contributed by atoms with Gasteiger partial charge >= 0.3 is 0 Å². The van der Waals surface area contributed by atoms with Gasteiger partial charge in [0.05, 0.1) is 0 Å². The van der Waals surface area contributed by atoms with Gasteiger partial charge in [0.2, 0.25) is 0 Å². The number of allylic oxidation sites excluding steroid dienone is 2. The predicted octanol–water partition coefficient (Wildman–Crippen LogP) is 8.81. The molecule has 160 valence electrons. The molecule has 4 aliphatic rings. The fourth-order valence-corrected chi connectivity index (χ4v) is 8.69. The van der Waals surface area contributed by atoms with Crippen LogP contribution in [0.5, 0.6) is 0 Å². The van der Waals surface area contributed by atoms with Gasteiger partial charge in [0, 0.05) is 0 Å². The van der Waals surface area contributed by atoms with Crippen LogP contribution in [-0.2, 0) is 0 Å². The maximum atomic E-state index is 2.72. The lowest BCUT2D eigenvalue weighted by molar-refractivity contribution is -0.0401. The summed E-state index contributed by atoms with van der Waals surface area (Å²) in [5.41, 5.74) is 5.09. The van der Waals surface area contributed by atoms with Crippen LogP contribution in [0.3, 0.4) is 0 Å². The molecule has 0 N–H and O–H groups in total. The predicted molar refractivity (Wildman–Crippen MR) is 122 cm³/mol. The highest BCUT2D eigenvalue weighted by Gasteiger charge is 2.60. The molecule has 0 nitrogen and oxygen atoms in total. The maximum Gasteiger partial charge on any atom is -0.00538 e. The van der Waals surface area contributed by atoms with Gasteiger partial charge in [0.25, 0.3) is 0 Å². The first kappa shape index (κ1) is 21.0. The monoisotopic (exact) mass is 384 g/mol. The van der Waals surface area contributed by atoms with Gasteiger partial charge in [-0.25, -0.2) is 0 Å². The Morgan fingerprint density at radius 2 is 1.64 bits per heavy atom. The van der Waals surface area contributed by atoms with Gasteiger partial charge in [-0.3, -0.25) is 0 Å². The molecule has 7 atom stereocenters. The third-order valence-corrected chi connectivity index (χ3v) is 11.1. The van der Waals surface area contributed by atoms with Crippen LogP contribution in [0, 0.1) is 46.3 Å². The zero-order valence-electron chi connectivity index (χ0n) is 19.9. The minimum absolute atomic E-state index is 0.614. The number of fused-ring (bicyclic) bond motifs is 4. The average Bonchev–Trinajstić information content (AvgIpc) is 3.22. The molecule has 0 bridgehead atoms. The van der Waals surface area contributed by atoms with Crippen molar-refractivity contribution in [3.63, 3.8) is 0 Å². The van der Waals surface area contributed by atoms with E-state index >= 15 is 0 Å². The van der Waals surface area contributed by atoms with Gasteiger partial charge in [-0.05, 0) is 117 Å². The van der Waals surface area contributed by atoms with E-state index in [1.54, 1.807) is 19.3 Å². The van der Waals surface area contributed by atoms with Crippen LogP contribution in [0.15, 0.2) is 11.1 Å². The average molecular weight is 385 g/mol. The molecule has 0 aliphatic heterocycles. The lowest BCUT2D eigenvalue weighted by atomic mass is 9.51. The molecule has 3 fully saturated rings. The van der Waals surface area contributed by atoms with Crippen LogP contribution in [0.4, 0.5) is 0 Å². The van der Waals surface area contributed by atoms with Crippen LogP contribution >= 0.6 is 0 Å². The summed E-state index contributed by atoms with van der Waals surface area (Å²) in [4.78, 5) is 0. The van der Waals surface area contributed by atoms with Crippen molar-refractivity contribution in [2.75, 3.05) is 0 Å². The SMILES string of the molecule is CC1=C(C(C)CCC(C)C(C)C)CCC12CCC1C2CCC2CCCCC21C. The summed E-state index contributed by atoms with van der Waals surface area (Å²) in [6.45, 7) is 15.1. The van der Waals surface area contributed by atoms with E-state index < -0.39 is 0 Å². The van der Waals surface area contributed by atoms with Crippen LogP contribution in [0.25, 0.3) is 0 Å². The van der Waals surface area contributed by atoms with Crippen LogP contribution in [-0.4, -0.2) is 0 Å². The van der Waals surface area contributed by atoms with Crippen molar-refractivity contribution in [1.82, 2.24) is 0 Å². The highest BCUT2D eigenvalue weighted by Crippen LogP contribution is 2.69. The molecule has 4 rings (SSSR count). The topological polar surface area (TPSA) is 0 Å². The summed E-state index contributed by atoms with van der Waals surface area (Å²) < 4.78 is 0. The molecular weight excluding hydrogens is 336 g/mol. The third kappa shape index (κ3) is 3.24. The molecule has 0 radical (unpaired) electrons. The van der Waals surface area contributed by atoms with Gasteiger partial charge in [0.1, 0.15) is 0 Å². The Morgan fingerprint density at radius 3 is 2.39 bits per heavy atom. The largest absolute Gasteiger partial charge is 0.0679 e. The Kier molecular flexibility index (Phi) is 5.83. The number of rotatable bonds is 5. The maximum absolute atomic E-state index is 2.72. The second-order valence-electron chi connectivity index (χ2n) is 12.3. The summed E-state index contributed by atoms with van der Waals surface area (Å²) in [7, 11) is 0. The number of hydrogen-bond acceptors (Lipinski definition) is 0. The van der Waals surface area contributed by atoms with E-state index in [4.69, 9.17) is 0 Å². The van der Waals surface area contributed by atoms with Gasteiger partial charge < -0.3 is 0 Å². The molecule has 4 aliphatic carbocycles. The molecule has 0 saturated heterocycles. The normalized spacial score (nSPS) is 42.8. The van der Waals surface area contributed by atoms with E-state index in [0.29, 0.717) is 10.8 Å². The quantitative estimate of drug-likeness (QED) is 0.415. The van der Waals surface area contributed by atoms with Crippen molar-refractivity contribution in [2.24, 2.45) is 46.3 Å². The molecule has 3 saturated carbocycles. The van der Waals surface area contributed by atoms with E-state index in [0.717, 1.165) is 35.5 Å².